The van der Waals surface area contributed by atoms with Crippen LogP contribution in [0.2, 0.25) is 0 Å². The molecular formula is C28H26N4O5. The molecule has 0 spiro atoms. The van der Waals surface area contributed by atoms with Gasteiger partial charge in [-0.05, 0) is 23.8 Å². The van der Waals surface area contributed by atoms with Crippen molar-refractivity contribution in [3.8, 4) is 40.0 Å². The number of amides is 1. The number of carbonyl (C=O) groups is 1. The number of furan rings is 1. The molecule has 9 nitrogen and oxygen atoms in total. The minimum Gasteiger partial charge on any atom is -0.496 e. The summed E-state index contributed by atoms with van der Waals surface area (Å²) in [7, 11) is 4.86. The number of carbonyl (C=O) groups excluding carboxylic acids is 1. The van der Waals surface area contributed by atoms with Gasteiger partial charge in [-0.25, -0.2) is 0 Å². The van der Waals surface area contributed by atoms with E-state index in [1.54, 1.807) is 44.7 Å². The smallest absolute Gasteiger partial charge is 0.272 e. The van der Waals surface area contributed by atoms with Crippen LogP contribution in [0.3, 0.4) is 0 Å². The van der Waals surface area contributed by atoms with Crippen LogP contribution in [-0.2, 0) is 4.74 Å². The third-order valence-electron chi connectivity index (χ3n) is 6.26. The fraction of sp³-hybridized carbons (Fsp3) is 0.286. The Labute approximate surface area is 214 Å². The highest BCUT2D eigenvalue weighted by atomic mass is 16.5. The third kappa shape index (κ3) is 4.84. The monoisotopic (exact) mass is 498 g/mol. The van der Waals surface area contributed by atoms with Crippen molar-refractivity contribution in [2.75, 3.05) is 34.4 Å². The minimum absolute atomic E-state index is 0.0370. The summed E-state index contributed by atoms with van der Waals surface area (Å²) < 4.78 is 23.3. The van der Waals surface area contributed by atoms with Crippen LogP contribution in [0.4, 0.5) is 0 Å². The van der Waals surface area contributed by atoms with Gasteiger partial charge in [-0.2, -0.15) is 5.26 Å². The number of hydrogen-bond donors (Lipinski definition) is 0. The first-order valence-corrected chi connectivity index (χ1v) is 11.9. The topological polar surface area (TPSA) is 111 Å². The first kappa shape index (κ1) is 24.3. The second-order valence-corrected chi connectivity index (χ2v) is 8.91. The number of ether oxygens (including phenoxy) is 3. The lowest BCUT2D eigenvalue weighted by Crippen LogP contribution is -2.26. The number of pyridine rings is 2. The number of aromatic nitrogens is 2. The Morgan fingerprint density at radius 1 is 1.08 bits per heavy atom. The molecule has 0 aliphatic carbocycles. The van der Waals surface area contributed by atoms with E-state index >= 15 is 0 Å². The molecule has 5 rings (SSSR count). The number of hydrogen-bond acceptors (Lipinski definition) is 8. The van der Waals surface area contributed by atoms with E-state index < -0.39 is 0 Å². The molecule has 1 amide bonds. The number of fused-ring (bicyclic) bond motifs is 1. The molecule has 1 fully saturated rings. The second kappa shape index (κ2) is 10.3. The van der Waals surface area contributed by atoms with Crippen molar-refractivity contribution in [3.05, 3.63) is 60.0 Å². The van der Waals surface area contributed by atoms with Gasteiger partial charge in [0.15, 0.2) is 5.58 Å². The number of nitriles is 1. The Balaban J connectivity index is 1.51. The number of methoxy groups -OCH3 is 1. The standard InChI is InChI=1S/C28H26N4O5/c1-32(2)28(33)23-14-25(34-3)21(16-31-23)26-13-22-27(37-26)20(6-9-30-22)17-4-5-24(18(12-17)15-29)36-19-7-10-35-11-8-19/h4-6,9,12-14,16,19H,7-8,10-11H2,1-3H3. The summed E-state index contributed by atoms with van der Waals surface area (Å²) in [5.41, 5.74) is 4.12. The molecule has 0 unspecified atom stereocenters. The quantitative estimate of drug-likeness (QED) is 0.376. The fourth-order valence-corrected chi connectivity index (χ4v) is 4.30. The van der Waals surface area contributed by atoms with Gasteiger partial charge in [-0.1, -0.05) is 6.07 Å². The summed E-state index contributed by atoms with van der Waals surface area (Å²) in [5, 5.41) is 9.80. The van der Waals surface area contributed by atoms with E-state index in [1.807, 2.05) is 18.2 Å². The molecule has 4 heterocycles. The lowest BCUT2D eigenvalue weighted by molar-refractivity contribution is 0.0254. The number of benzene rings is 1. The summed E-state index contributed by atoms with van der Waals surface area (Å²) in [6, 6.07) is 13.0. The normalized spacial score (nSPS) is 13.8. The molecule has 0 saturated carbocycles. The average Bonchev–Trinajstić information content (AvgIpc) is 3.37. The minimum atomic E-state index is -0.226. The van der Waals surface area contributed by atoms with E-state index in [2.05, 4.69) is 16.0 Å². The molecule has 0 bridgehead atoms. The zero-order valence-electron chi connectivity index (χ0n) is 20.9. The predicted octanol–water partition coefficient (Wildman–Crippen LogP) is 4.70. The van der Waals surface area contributed by atoms with Crippen LogP contribution in [0, 0.1) is 11.3 Å². The van der Waals surface area contributed by atoms with Gasteiger partial charge < -0.3 is 23.5 Å². The Kier molecular flexibility index (Phi) is 6.75. The maximum atomic E-state index is 12.3. The summed E-state index contributed by atoms with van der Waals surface area (Å²) >= 11 is 0. The number of rotatable bonds is 6. The molecule has 1 saturated heterocycles. The molecule has 37 heavy (non-hydrogen) atoms. The van der Waals surface area contributed by atoms with Crippen molar-refractivity contribution in [3.63, 3.8) is 0 Å². The molecule has 1 aliphatic rings. The third-order valence-corrected chi connectivity index (χ3v) is 6.26. The van der Waals surface area contributed by atoms with Crippen molar-refractivity contribution < 1.29 is 23.4 Å². The second-order valence-electron chi connectivity index (χ2n) is 8.91. The van der Waals surface area contributed by atoms with E-state index in [-0.39, 0.29) is 17.7 Å². The average molecular weight is 499 g/mol. The largest absolute Gasteiger partial charge is 0.496 e. The highest BCUT2D eigenvalue weighted by Gasteiger charge is 2.20. The van der Waals surface area contributed by atoms with Crippen LogP contribution in [-0.4, -0.2) is 61.3 Å². The van der Waals surface area contributed by atoms with Gasteiger partial charge in [0.25, 0.3) is 5.91 Å². The molecule has 0 N–H and O–H groups in total. The van der Waals surface area contributed by atoms with Crippen molar-refractivity contribution in [2.45, 2.75) is 18.9 Å². The molecule has 3 aromatic heterocycles. The maximum Gasteiger partial charge on any atom is 0.272 e. The zero-order valence-corrected chi connectivity index (χ0v) is 20.9. The zero-order chi connectivity index (χ0) is 25.9. The molecule has 0 atom stereocenters. The summed E-state index contributed by atoms with van der Waals surface area (Å²) in [4.78, 5) is 22.5. The lowest BCUT2D eigenvalue weighted by Gasteiger charge is -2.23. The van der Waals surface area contributed by atoms with Crippen molar-refractivity contribution >= 4 is 17.0 Å². The molecule has 188 valence electrons. The summed E-state index contributed by atoms with van der Waals surface area (Å²) in [6.07, 6.45) is 4.90. The highest BCUT2D eigenvalue weighted by Crippen LogP contribution is 2.38. The fourth-order valence-electron chi connectivity index (χ4n) is 4.30. The van der Waals surface area contributed by atoms with Crippen LogP contribution in [0.5, 0.6) is 11.5 Å². The maximum absolute atomic E-state index is 12.3. The van der Waals surface area contributed by atoms with Gasteiger partial charge in [0.05, 0.1) is 31.5 Å². The summed E-state index contributed by atoms with van der Waals surface area (Å²) in [5.74, 6) is 1.30. The Hall–Kier alpha value is -4.42. The van der Waals surface area contributed by atoms with E-state index in [0.29, 0.717) is 52.7 Å². The van der Waals surface area contributed by atoms with Crippen molar-refractivity contribution in [2.24, 2.45) is 0 Å². The van der Waals surface area contributed by atoms with Gasteiger partial charge in [-0.3, -0.25) is 14.8 Å². The van der Waals surface area contributed by atoms with Crippen molar-refractivity contribution in [1.82, 2.24) is 14.9 Å². The number of nitrogens with zero attached hydrogens (tertiary/aromatic N) is 4. The van der Waals surface area contributed by atoms with Crippen LogP contribution < -0.4 is 9.47 Å². The van der Waals surface area contributed by atoms with Gasteiger partial charge in [0, 0.05) is 57.0 Å². The van der Waals surface area contributed by atoms with Crippen LogP contribution in [0.15, 0.2) is 53.2 Å². The molecule has 4 aromatic rings. The Bertz CT molecular complexity index is 1500. The van der Waals surface area contributed by atoms with Gasteiger partial charge >= 0.3 is 0 Å². The van der Waals surface area contributed by atoms with E-state index in [4.69, 9.17) is 18.6 Å². The highest BCUT2D eigenvalue weighted by molar-refractivity contribution is 5.95. The predicted molar refractivity (Wildman–Crippen MR) is 136 cm³/mol. The van der Waals surface area contributed by atoms with Gasteiger partial charge in [-0.15, -0.1) is 0 Å². The van der Waals surface area contributed by atoms with E-state index in [9.17, 15) is 10.1 Å². The van der Waals surface area contributed by atoms with Crippen LogP contribution in [0.1, 0.15) is 28.9 Å². The Morgan fingerprint density at radius 3 is 2.62 bits per heavy atom. The lowest BCUT2D eigenvalue weighted by atomic mass is 10.0. The van der Waals surface area contributed by atoms with E-state index in [0.717, 1.165) is 24.0 Å². The molecule has 9 heteroatoms. The van der Waals surface area contributed by atoms with Crippen LogP contribution in [0.25, 0.3) is 33.6 Å². The first-order chi connectivity index (χ1) is 18.0. The SMILES string of the molecule is COc1cc(C(=O)N(C)C)ncc1-c1cc2nccc(-c3ccc(OC4CCOCC4)c(C#N)c3)c2o1. The molecular weight excluding hydrogens is 472 g/mol. The summed E-state index contributed by atoms with van der Waals surface area (Å²) in [6.45, 7) is 1.32. The van der Waals surface area contributed by atoms with Gasteiger partial charge in [0.2, 0.25) is 0 Å². The van der Waals surface area contributed by atoms with Gasteiger partial charge in [0.1, 0.15) is 40.6 Å². The molecule has 0 radical (unpaired) electrons. The first-order valence-electron chi connectivity index (χ1n) is 11.9. The van der Waals surface area contributed by atoms with Crippen molar-refractivity contribution in [1.29, 1.82) is 5.26 Å². The van der Waals surface area contributed by atoms with Crippen LogP contribution >= 0.6 is 0 Å². The molecule has 1 aliphatic heterocycles. The molecule has 1 aromatic carbocycles. The Morgan fingerprint density at radius 2 is 1.89 bits per heavy atom. The van der Waals surface area contributed by atoms with E-state index in [1.165, 1.54) is 12.0 Å².